The van der Waals surface area contributed by atoms with Crippen LogP contribution in [0.3, 0.4) is 0 Å². The number of ether oxygens (including phenoxy) is 1. The van der Waals surface area contributed by atoms with Gasteiger partial charge < -0.3 is 14.5 Å². The van der Waals surface area contributed by atoms with E-state index in [0.29, 0.717) is 18.0 Å². The molecule has 2 saturated carbocycles. The first kappa shape index (κ1) is 26.2. The maximum absolute atomic E-state index is 12.9. The topological polar surface area (TPSA) is 45.1 Å². The summed E-state index contributed by atoms with van der Waals surface area (Å²) in [7, 11) is 6.01. The molecule has 1 aliphatic heterocycles. The van der Waals surface area contributed by atoms with Gasteiger partial charge in [-0.1, -0.05) is 62.4 Å². The highest BCUT2D eigenvalue weighted by molar-refractivity contribution is 5.86. The van der Waals surface area contributed by atoms with Gasteiger partial charge in [-0.15, -0.1) is 0 Å². The predicted molar refractivity (Wildman–Crippen MR) is 144 cm³/mol. The van der Waals surface area contributed by atoms with Crippen LogP contribution in [0.15, 0.2) is 35.3 Å². The Morgan fingerprint density at radius 3 is 2.40 bits per heavy atom. The van der Waals surface area contributed by atoms with Crippen LogP contribution in [-0.2, 0) is 16.0 Å². The molecule has 3 atom stereocenters. The lowest BCUT2D eigenvalue weighted by molar-refractivity contribution is -0.148. The van der Waals surface area contributed by atoms with Crippen LogP contribution in [0.25, 0.3) is 0 Å². The molecule has 0 amide bonds. The Morgan fingerprint density at radius 2 is 1.77 bits per heavy atom. The van der Waals surface area contributed by atoms with Crippen molar-refractivity contribution in [3.05, 3.63) is 35.9 Å². The molecule has 0 saturated heterocycles. The standard InChI is InChI=1S/C30H47N3O2/c1-30(29(34)35-4)28(33(22-31-30)26-13-9-6-10-14-26)21-24-15-18-25(19-16-24)27(32(2)3)20-17-23-11-7-5-8-12-23/h5,7-8,11-12,22,24-28H,6,9-10,13-21H2,1-4H3. The van der Waals surface area contributed by atoms with Gasteiger partial charge in [0.1, 0.15) is 0 Å². The first-order valence-electron chi connectivity index (χ1n) is 14.0. The third kappa shape index (κ3) is 6.10. The average molecular weight is 482 g/mol. The smallest absolute Gasteiger partial charge is 0.335 e. The number of hydrogen-bond donors (Lipinski definition) is 0. The lowest BCUT2D eigenvalue weighted by Gasteiger charge is -2.42. The van der Waals surface area contributed by atoms with Gasteiger partial charge in [0.05, 0.1) is 19.5 Å². The average Bonchev–Trinajstić information content (AvgIpc) is 3.22. The predicted octanol–water partition coefficient (Wildman–Crippen LogP) is 5.72. The fourth-order valence-electron chi connectivity index (χ4n) is 7.12. The molecule has 0 bridgehead atoms. The third-order valence-corrected chi connectivity index (χ3v) is 9.29. The van der Waals surface area contributed by atoms with E-state index < -0.39 is 5.54 Å². The van der Waals surface area contributed by atoms with Crippen LogP contribution in [0.5, 0.6) is 0 Å². The molecule has 4 rings (SSSR count). The van der Waals surface area contributed by atoms with E-state index in [2.05, 4.69) is 54.2 Å². The second kappa shape index (κ2) is 11.9. The van der Waals surface area contributed by atoms with Crippen LogP contribution >= 0.6 is 0 Å². The molecule has 5 nitrogen and oxygen atoms in total. The molecule has 194 valence electrons. The summed E-state index contributed by atoms with van der Waals surface area (Å²) in [5, 5.41) is 0. The van der Waals surface area contributed by atoms with Crippen LogP contribution in [0.4, 0.5) is 0 Å². The fourth-order valence-corrected chi connectivity index (χ4v) is 7.12. The summed E-state index contributed by atoms with van der Waals surface area (Å²) in [5.74, 6) is 1.23. The molecular weight excluding hydrogens is 434 g/mol. The number of nitrogens with zero attached hydrogens (tertiary/aromatic N) is 3. The fraction of sp³-hybridized carbons (Fsp3) is 0.733. The highest BCUT2D eigenvalue weighted by Crippen LogP contribution is 2.41. The quantitative estimate of drug-likeness (QED) is 0.423. The molecule has 0 aromatic heterocycles. The lowest BCUT2D eigenvalue weighted by Crippen LogP contribution is -2.53. The lowest BCUT2D eigenvalue weighted by atomic mass is 9.73. The summed E-state index contributed by atoms with van der Waals surface area (Å²) in [4.78, 5) is 22.6. The molecule has 5 heteroatoms. The molecule has 1 aromatic carbocycles. The van der Waals surface area contributed by atoms with Gasteiger partial charge in [0.2, 0.25) is 0 Å². The molecule has 0 N–H and O–H groups in total. The monoisotopic (exact) mass is 481 g/mol. The Hall–Kier alpha value is -1.88. The normalized spacial score (nSPS) is 30.5. The van der Waals surface area contributed by atoms with Crippen molar-refractivity contribution in [2.75, 3.05) is 21.2 Å². The number of esters is 1. The molecule has 35 heavy (non-hydrogen) atoms. The van der Waals surface area contributed by atoms with Crippen LogP contribution in [-0.4, -0.2) is 67.0 Å². The van der Waals surface area contributed by atoms with Crippen molar-refractivity contribution in [1.82, 2.24) is 9.80 Å². The van der Waals surface area contributed by atoms with Gasteiger partial charge in [0.15, 0.2) is 5.54 Å². The minimum absolute atomic E-state index is 0.127. The number of benzene rings is 1. The van der Waals surface area contributed by atoms with Crippen LogP contribution in [0.1, 0.15) is 83.1 Å². The van der Waals surface area contributed by atoms with Gasteiger partial charge in [-0.25, -0.2) is 4.79 Å². The minimum Gasteiger partial charge on any atom is -0.467 e. The minimum atomic E-state index is -0.773. The van der Waals surface area contributed by atoms with Crippen molar-refractivity contribution in [3.8, 4) is 0 Å². The van der Waals surface area contributed by atoms with Crippen molar-refractivity contribution >= 4 is 12.3 Å². The Kier molecular flexibility index (Phi) is 8.91. The zero-order valence-corrected chi connectivity index (χ0v) is 22.5. The number of carbonyl (C=O) groups is 1. The summed E-state index contributed by atoms with van der Waals surface area (Å²) < 4.78 is 5.25. The number of methoxy groups -OCH3 is 1. The largest absolute Gasteiger partial charge is 0.467 e. The van der Waals surface area contributed by atoms with E-state index in [9.17, 15) is 4.79 Å². The molecule has 2 aliphatic carbocycles. The first-order chi connectivity index (χ1) is 16.9. The van der Waals surface area contributed by atoms with E-state index in [1.165, 1.54) is 76.9 Å². The van der Waals surface area contributed by atoms with Gasteiger partial charge in [-0.05, 0) is 83.4 Å². The molecule has 1 aromatic rings. The third-order valence-electron chi connectivity index (χ3n) is 9.29. The molecule has 0 spiro atoms. The van der Waals surface area contributed by atoms with Crippen molar-refractivity contribution in [2.24, 2.45) is 16.8 Å². The number of aliphatic imine (C=N–C) groups is 1. The molecule has 1 heterocycles. The van der Waals surface area contributed by atoms with Crippen LogP contribution < -0.4 is 0 Å². The van der Waals surface area contributed by atoms with Gasteiger partial charge in [0.25, 0.3) is 0 Å². The molecule has 2 fully saturated rings. The van der Waals surface area contributed by atoms with Crippen LogP contribution in [0, 0.1) is 11.8 Å². The summed E-state index contributed by atoms with van der Waals surface area (Å²) in [6, 6.07) is 12.2. The van der Waals surface area contributed by atoms with Crippen molar-refractivity contribution in [1.29, 1.82) is 0 Å². The molecular formula is C30H47N3O2. The van der Waals surface area contributed by atoms with Crippen molar-refractivity contribution in [3.63, 3.8) is 0 Å². The number of carbonyl (C=O) groups excluding carboxylic acids is 1. The Bertz CT molecular complexity index is 827. The van der Waals surface area contributed by atoms with E-state index in [1.807, 2.05) is 13.3 Å². The van der Waals surface area contributed by atoms with E-state index in [-0.39, 0.29) is 12.0 Å². The Balaban J connectivity index is 1.37. The second-order valence-corrected chi connectivity index (χ2v) is 11.7. The van der Waals surface area contributed by atoms with E-state index in [4.69, 9.17) is 9.73 Å². The van der Waals surface area contributed by atoms with Crippen molar-refractivity contribution < 1.29 is 9.53 Å². The summed E-state index contributed by atoms with van der Waals surface area (Å²) in [5.41, 5.74) is 0.671. The van der Waals surface area contributed by atoms with E-state index in [0.717, 1.165) is 18.8 Å². The van der Waals surface area contributed by atoms with Gasteiger partial charge in [0, 0.05) is 12.1 Å². The summed E-state index contributed by atoms with van der Waals surface area (Å²) in [6.45, 7) is 2.00. The number of rotatable bonds is 9. The summed E-state index contributed by atoms with van der Waals surface area (Å²) >= 11 is 0. The molecule has 0 radical (unpaired) electrons. The zero-order chi connectivity index (χ0) is 24.8. The zero-order valence-electron chi connectivity index (χ0n) is 22.5. The second-order valence-electron chi connectivity index (χ2n) is 11.7. The number of aryl methyl sites for hydroxylation is 1. The van der Waals surface area contributed by atoms with Crippen LogP contribution in [0.2, 0.25) is 0 Å². The highest BCUT2D eigenvalue weighted by atomic mass is 16.5. The van der Waals surface area contributed by atoms with E-state index >= 15 is 0 Å². The van der Waals surface area contributed by atoms with E-state index in [1.54, 1.807) is 0 Å². The SMILES string of the molecule is COC(=O)C1(C)N=CN(C2CCCCC2)C1CC1CCC(C(CCc2ccccc2)N(C)C)CC1. The van der Waals surface area contributed by atoms with Gasteiger partial charge >= 0.3 is 5.97 Å². The van der Waals surface area contributed by atoms with Gasteiger partial charge in [-0.2, -0.15) is 0 Å². The van der Waals surface area contributed by atoms with Gasteiger partial charge in [-0.3, -0.25) is 4.99 Å². The molecule has 3 unspecified atom stereocenters. The highest BCUT2D eigenvalue weighted by Gasteiger charge is 2.50. The number of hydrogen-bond acceptors (Lipinski definition) is 5. The maximum atomic E-state index is 12.9. The van der Waals surface area contributed by atoms with Crippen molar-refractivity contribution in [2.45, 2.75) is 108 Å². The first-order valence-corrected chi connectivity index (χ1v) is 14.0. The molecule has 3 aliphatic rings. The Labute approximate surface area is 213 Å². The maximum Gasteiger partial charge on any atom is 0.335 e. The summed E-state index contributed by atoms with van der Waals surface area (Å²) in [6.07, 6.45) is 16.9. The Morgan fingerprint density at radius 1 is 1.09 bits per heavy atom.